The third-order valence-electron chi connectivity index (χ3n) is 2.02. The van der Waals surface area contributed by atoms with Crippen LogP contribution in [0.4, 0.5) is 0 Å². The predicted octanol–water partition coefficient (Wildman–Crippen LogP) is 1.27. The lowest BCUT2D eigenvalue weighted by molar-refractivity contribution is -0.107. The van der Waals surface area contributed by atoms with E-state index < -0.39 is 0 Å². The van der Waals surface area contributed by atoms with Crippen LogP contribution in [-0.2, 0) is 4.79 Å². The molecule has 1 aliphatic rings. The summed E-state index contributed by atoms with van der Waals surface area (Å²) in [6.45, 7) is 0.505. The summed E-state index contributed by atoms with van der Waals surface area (Å²) in [5.41, 5.74) is 0. The highest BCUT2D eigenvalue weighted by Crippen LogP contribution is 2.10. The quantitative estimate of drug-likeness (QED) is 0.488. The Hall–Kier alpha value is -0.630. The Morgan fingerprint density at radius 2 is 2.00 bits per heavy atom. The van der Waals surface area contributed by atoms with Gasteiger partial charge in [0.15, 0.2) is 0 Å². The number of hydrogen-bond acceptors (Lipinski definition) is 2. The lowest BCUT2D eigenvalue weighted by atomic mass is 10.1. The van der Waals surface area contributed by atoms with Crippen molar-refractivity contribution >= 4 is 6.29 Å². The molecule has 1 aliphatic carbocycles. The monoisotopic (exact) mass is 153 g/mol. The molecule has 2 nitrogen and oxygen atoms in total. The van der Waals surface area contributed by atoms with E-state index in [0.717, 1.165) is 19.1 Å². The maximum atomic E-state index is 10.1. The number of carbonyl (C=O) groups is 1. The SMILES string of the molecule is O=CCNC1CCC=CCC1. The van der Waals surface area contributed by atoms with E-state index in [9.17, 15) is 4.79 Å². The van der Waals surface area contributed by atoms with Gasteiger partial charge in [0.25, 0.3) is 0 Å². The number of allylic oxidation sites excluding steroid dienone is 2. The molecule has 0 aromatic rings. The fourth-order valence-corrected chi connectivity index (χ4v) is 1.39. The summed E-state index contributed by atoms with van der Waals surface area (Å²) in [5.74, 6) is 0. The van der Waals surface area contributed by atoms with Crippen LogP contribution >= 0.6 is 0 Å². The highest BCUT2D eigenvalue weighted by molar-refractivity contribution is 5.51. The standard InChI is InChI=1S/C9H15NO/c11-8-7-10-9-5-3-1-2-4-6-9/h1-2,8-10H,3-7H2. The van der Waals surface area contributed by atoms with Gasteiger partial charge in [0.2, 0.25) is 0 Å². The molecule has 62 valence electrons. The summed E-state index contributed by atoms with van der Waals surface area (Å²) in [6, 6.07) is 0.551. The average Bonchev–Trinajstić information content (AvgIpc) is 2.28. The lowest BCUT2D eigenvalue weighted by Gasteiger charge is -2.13. The maximum absolute atomic E-state index is 10.1. The van der Waals surface area contributed by atoms with E-state index in [1.165, 1.54) is 12.8 Å². The zero-order valence-electron chi connectivity index (χ0n) is 6.75. The summed E-state index contributed by atoms with van der Waals surface area (Å²) in [6.07, 6.45) is 10.0. The summed E-state index contributed by atoms with van der Waals surface area (Å²) in [4.78, 5) is 10.1. The molecule has 0 radical (unpaired) electrons. The minimum absolute atomic E-state index is 0.505. The predicted molar refractivity (Wildman–Crippen MR) is 45.5 cm³/mol. The molecule has 0 fully saturated rings. The molecular weight excluding hydrogens is 138 g/mol. The first kappa shape index (κ1) is 8.47. The zero-order chi connectivity index (χ0) is 7.94. The van der Waals surface area contributed by atoms with Crippen molar-refractivity contribution < 1.29 is 4.79 Å². The number of hydrogen-bond donors (Lipinski definition) is 1. The van der Waals surface area contributed by atoms with Gasteiger partial charge in [0, 0.05) is 6.04 Å². The highest BCUT2D eigenvalue weighted by Gasteiger charge is 2.07. The maximum Gasteiger partial charge on any atom is 0.133 e. The molecule has 0 amide bonds. The molecule has 0 spiro atoms. The van der Waals surface area contributed by atoms with Gasteiger partial charge < -0.3 is 10.1 Å². The van der Waals surface area contributed by atoms with Crippen molar-refractivity contribution in [1.82, 2.24) is 5.32 Å². The van der Waals surface area contributed by atoms with Crippen LogP contribution in [0.3, 0.4) is 0 Å². The van der Waals surface area contributed by atoms with E-state index in [1.807, 2.05) is 0 Å². The van der Waals surface area contributed by atoms with Gasteiger partial charge in [-0.2, -0.15) is 0 Å². The fourth-order valence-electron chi connectivity index (χ4n) is 1.39. The van der Waals surface area contributed by atoms with Crippen molar-refractivity contribution in [3.05, 3.63) is 12.2 Å². The van der Waals surface area contributed by atoms with Crippen molar-refractivity contribution in [3.8, 4) is 0 Å². The molecule has 0 bridgehead atoms. The second-order valence-electron chi connectivity index (χ2n) is 2.90. The first-order chi connectivity index (χ1) is 5.43. The molecule has 1 N–H and O–H groups in total. The Morgan fingerprint density at radius 1 is 1.36 bits per heavy atom. The lowest BCUT2D eigenvalue weighted by Crippen LogP contribution is -2.29. The largest absolute Gasteiger partial charge is 0.307 e. The van der Waals surface area contributed by atoms with Gasteiger partial charge >= 0.3 is 0 Å². The molecule has 0 unspecified atom stereocenters. The van der Waals surface area contributed by atoms with Crippen molar-refractivity contribution in [2.24, 2.45) is 0 Å². The minimum Gasteiger partial charge on any atom is -0.307 e. The number of aldehydes is 1. The second-order valence-corrected chi connectivity index (χ2v) is 2.90. The fraction of sp³-hybridized carbons (Fsp3) is 0.667. The highest BCUT2D eigenvalue weighted by atomic mass is 16.1. The summed E-state index contributed by atoms with van der Waals surface area (Å²) in [5, 5.41) is 3.20. The normalized spacial score (nSPS) is 19.6. The molecule has 0 aromatic heterocycles. The van der Waals surface area contributed by atoms with Crippen molar-refractivity contribution in [2.75, 3.05) is 6.54 Å². The molecular formula is C9H15NO. The Balaban J connectivity index is 2.18. The molecule has 0 saturated heterocycles. The van der Waals surface area contributed by atoms with Crippen molar-refractivity contribution in [1.29, 1.82) is 0 Å². The topological polar surface area (TPSA) is 29.1 Å². The first-order valence-electron chi connectivity index (χ1n) is 4.25. The van der Waals surface area contributed by atoms with Crippen LogP contribution in [0.5, 0.6) is 0 Å². The van der Waals surface area contributed by atoms with Gasteiger partial charge in [-0.1, -0.05) is 12.2 Å². The molecule has 0 atom stereocenters. The number of carbonyl (C=O) groups excluding carboxylic acids is 1. The third-order valence-corrected chi connectivity index (χ3v) is 2.02. The molecule has 1 rings (SSSR count). The average molecular weight is 153 g/mol. The third kappa shape index (κ3) is 3.33. The van der Waals surface area contributed by atoms with Crippen LogP contribution in [-0.4, -0.2) is 18.9 Å². The zero-order valence-corrected chi connectivity index (χ0v) is 6.75. The Labute approximate surface area is 67.7 Å². The van der Waals surface area contributed by atoms with Gasteiger partial charge in [-0.05, 0) is 25.7 Å². The van der Waals surface area contributed by atoms with Gasteiger partial charge in [-0.25, -0.2) is 0 Å². The van der Waals surface area contributed by atoms with E-state index >= 15 is 0 Å². The van der Waals surface area contributed by atoms with Gasteiger partial charge in [-0.15, -0.1) is 0 Å². The van der Waals surface area contributed by atoms with Crippen LogP contribution in [0.15, 0.2) is 12.2 Å². The molecule has 0 aromatic carbocycles. The molecule has 0 heterocycles. The minimum atomic E-state index is 0.505. The Kier molecular flexibility index (Phi) is 3.91. The summed E-state index contributed by atoms with van der Waals surface area (Å²) < 4.78 is 0. The van der Waals surface area contributed by atoms with Crippen LogP contribution in [0.25, 0.3) is 0 Å². The van der Waals surface area contributed by atoms with Crippen LogP contribution in [0.1, 0.15) is 25.7 Å². The first-order valence-corrected chi connectivity index (χ1v) is 4.25. The molecule has 11 heavy (non-hydrogen) atoms. The van der Waals surface area contributed by atoms with Gasteiger partial charge in [0.05, 0.1) is 6.54 Å². The van der Waals surface area contributed by atoms with E-state index in [2.05, 4.69) is 17.5 Å². The molecule has 0 aliphatic heterocycles. The Bertz CT molecular complexity index is 132. The van der Waals surface area contributed by atoms with Crippen molar-refractivity contribution in [3.63, 3.8) is 0 Å². The van der Waals surface area contributed by atoms with E-state index in [-0.39, 0.29) is 0 Å². The van der Waals surface area contributed by atoms with Crippen LogP contribution in [0.2, 0.25) is 0 Å². The van der Waals surface area contributed by atoms with Crippen LogP contribution in [0, 0.1) is 0 Å². The smallest absolute Gasteiger partial charge is 0.133 e. The van der Waals surface area contributed by atoms with Gasteiger partial charge in [-0.3, -0.25) is 0 Å². The van der Waals surface area contributed by atoms with Crippen molar-refractivity contribution in [2.45, 2.75) is 31.7 Å². The summed E-state index contributed by atoms with van der Waals surface area (Å²) >= 11 is 0. The Morgan fingerprint density at radius 3 is 2.55 bits per heavy atom. The molecule has 2 heteroatoms. The van der Waals surface area contributed by atoms with E-state index in [4.69, 9.17) is 0 Å². The summed E-state index contributed by atoms with van der Waals surface area (Å²) in [7, 11) is 0. The van der Waals surface area contributed by atoms with E-state index in [0.29, 0.717) is 12.6 Å². The van der Waals surface area contributed by atoms with Gasteiger partial charge in [0.1, 0.15) is 6.29 Å². The molecule has 0 saturated carbocycles. The van der Waals surface area contributed by atoms with E-state index in [1.54, 1.807) is 0 Å². The number of rotatable bonds is 3. The second kappa shape index (κ2) is 5.08. The van der Waals surface area contributed by atoms with Crippen LogP contribution < -0.4 is 5.32 Å². The number of nitrogens with one attached hydrogen (secondary N) is 1.